The molecule has 0 spiro atoms. The Morgan fingerprint density at radius 1 is 1.03 bits per heavy atom. The lowest BCUT2D eigenvalue weighted by atomic mass is 10.2. The minimum atomic E-state index is -0.0350. The SMILES string of the molecule is COc1ccc(-c2nc(C)c(-c3ccc(SCC(=O)NCc4ccccc4)nn3)s2)cc1. The number of methoxy groups -OCH3 is 1. The van der Waals surface area contributed by atoms with Crippen molar-refractivity contribution in [2.24, 2.45) is 0 Å². The summed E-state index contributed by atoms with van der Waals surface area (Å²) in [5.41, 5.74) is 3.80. The van der Waals surface area contributed by atoms with Gasteiger partial charge in [-0.25, -0.2) is 4.98 Å². The van der Waals surface area contributed by atoms with Crippen LogP contribution in [0, 0.1) is 6.92 Å². The zero-order valence-electron chi connectivity index (χ0n) is 17.7. The first-order chi connectivity index (χ1) is 15.6. The summed E-state index contributed by atoms with van der Waals surface area (Å²) in [6, 6.07) is 21.5. The van der Waals surface area contributed by atoms with Gasteiger partial charge >= 0.3 is 0 Å². The molecule has 2 aromatic carbocycles. The van der Waals surface area contributed by atoms with Crippen LogP contribution in [0.1, 0.15) is 11.3 Å². The van der Waals surface area contributed by atoms with Crippen molar-refractivity contribution in [1.82, 2.24) is 20.5 Å². The van der Waals surface area contributed by atoms with Crippen LogP contribution in [0.3, 0.4) is 0 Å². The van der Waals surface area contributed by atoms with E-state index in [9.17, 15) is 4.79 Å². The highest BCUT2D eigenvalue weighted by Crippen LogP contribution is 2.34. The standard InChI is InChI=1S/C24H22N4O2S2/c1-16-23(32-24(26-16)18-8-10-19(30-2)11-9-18)20-12-13-22(28-27-20)31-15-21(29)25-14-17-6-4-3-5-7-17/h3-13H,14-15H2,1-2H3,(H,25,29). The van der Waals surface area contributed by atoms with Gasteiger partial charge in [-0.3, -0.25) is 4.79 Å². The fraction of sp³-hybridized carbons (Fsp3) is 0.167. The molecule has 8 heteroatoms. The second kappa shape index (κ2) is 10.4. The Morgan fingerprint density at radius 3 is 2.50 bits per heavy atom. The van der Waals surface area contributed by atoms with Crippen molar-refractivity contribution in [3.05, 3.63) is 78.0 Å². The van der Waals surface area contributed by atoms with E-state index >= 15 is 0 Å². The number of aromatic nitrogens is 3. The van der Waals surface area contributed by atoms with Gasteiger partial charge in [-0.15, -0.1) is 21.5 Å². The highest BCUT2D eigenvalue weighted by Gasteiger charge is 2.13. The van der Waals surface area contributed by atoms with Crippen molar-refractivity contribution in [3.63, 3.8) is 0 Å². The Labute approximate surface area is 195 Å². The molecule has 0 unspecified atom stereocenters. The molecule has 0 aliphatic carbocycles. The lowest BCUT2D eigenvalue weighted by Gasteiger charge is -2.05. The van der Waals surface area contributed by atoms with Gasteiger partial charge in [-0.05, 0) is 48.9 Å². The summed E-state index contributed by atoms with van der Waals surface area (Å²) in [7, 11) is 1.65. The molecule has 0 saturated carbocycles. The van der Waals surface area contributed by atoms with Gasteiger partial charge in [0.15, 0.2) is 0 Å². The maximum Gasteiger partial charge on any atom is 0.230 e. The van der Waals surface area contributed by atoms with E-state index < -0.39 is 0 Å². The van der Waals surface area contributed by atoms with Crippen molar-refractivity contribution >= 4 is 29.0 Å². The molecular formula is C24H22N4O2S2. The molecule has 2 aromatic heterocycles. The van der Waals surface area contributed by atoms with E-state index in [1.54, 1.807) is 18.4 Å². The smallest absolute Gasteiger partial charge is 0.230 e. The van der Waals surface area contributed by atoms with Crippen LogP contribution in [0.15, 0.2) is 71.8 Å². The van der Waals surface area contributed by atoms with E-state index in [0.29, 0.717) is 17.3 Å². The Balaban J connectivity index is 1.36. The van der Waals surface area contributed by atoms with Crippen LogP contribution in [0.5, 0.6) is 5.75 Å². The third kappa shape index (κ3) is 5.52. The molecule has 1 N–H and O–H groups in total. The highest BCUT2D eigenvalue weighted by molar-refractivity contribution is 7.99. The summed E-state index contributed by atoms with van der Waals surface area (Å²) in [4.78, 5) is 17.8. The van der Waals surface area contributed by atoms with Crippen LogP contribution < -0.4 is 10.1 Å². The Hall–Kier alpha value is -3.23. The molecule has 6 nitrogen and oxygen atoms in total. The zero-order chi connectivity index (χ0) is 22.3. The molecule has 32 heavy (non-hydrogen) atoms. The predicted octanol–water partition coefficient (Wildman–Crippen LogP) is 4.99. The van der Waals surface area contributed by atoms with E-state index in [2.05, 4.69) is 15.5 Å². The summed E-state index contributed by atoms with van der Waals surface area (Å²) < 4.78 is 5.22. The Kier molecular flexibility index (Phi) is 7.14. The number of aryl methyl sites for hydroxylation is 1. The average molecular weight is 463 g/mol. The fourth-order valence-electron chi connectivity index (χ4n) is 3.00. The molecule has 0 aliphatic heterocycles. The van der Waals surface area contributed by atoms with E-state index in [-0.39, 0.29) is 5.91 Å². The number of amides is 1. The number of thioether (sulfide) groups is 1. The minimum absolute atomic E-state index is 0.0350. The van der Waals surface area contributed by atoms with Crippen LogP contribution in [0.25, 0.3) is 21.1 Å². The third-order valence-corrected chi connectivity index (χ3v) is 6.84. The number of carbonyl (C=O) groups is 1. The number of rotatable bonds is 8. The molecule has 0 bridgehead atoms. The molecular weight excluding hydrogens is 440 g/mol. The third-order valence-electron chi connectivity index (χ3n) is 4.69. The van der Waals surface area contributed by atoms with Gasteiger partial charge in [0.25, 0.3) is 0 Å². The van der Waals surface area contributed by atoms with Crippen molar-refractivity contribution in [1.29, 1.82) is 0 Å². The molecule has 0 saturated heterocycles. The summed E-state index contributed by atoms with van der Waals surface area (Å²) >= 11 is 2.95. The first-order valence-electron chi connectivity index (χ1n) is 10.0. The van der Waals surface area contributed by atoms with E-state index in [0.717, 1.165) is 38.1 Å². The fourth-order valence-corrected chi connectivity index (χ4v) is 4.68. The van der Waals surface area contributed by atoms with Crippen LogP contribution in [0.4, 0.5) is 0 Å². The Morgan fingerprint density at radius 2 is 1.81 bits per heavy atom. The number of thiazole rings is 1. The summed E-state index contributed by atoms with van der Waals surface area (Å²) in [6.07, 6.45) is 0. The molecule has 4 aromatic rings. The normalized spacial score (nSPS) is 10.7. The molecule has 4 rings (SSSR count). The van der Waals surface area contributed by atoms with Gasteiger partial charge in [0.2, 0.25) is 5.91 Å². The monoisotopic (exact) mass is 462 g/mol. The van der Waals surface area contributed by atoms with Gasteiger partial charge in [0.1, 0.15) is 21.5 Å². The van der Waals surface area contributed by atoms with Gasteiger partial charge < -0.3 is 10.1 Å². The van der Waals surface area contributed by atoms with Crippen molar-refractivity contribution < 1.29 is 9.53 Å². The average Bonchev–Trinajstić information content (AvgIpc) is 3.24. The second-order valence-corrected chi connectivity index (χ2v) is 8.96. The van der Waals surface area contributed by atoms with Gasteiger partial charge in [-0.1, -0.05) is 42.1 Å². The summed E-state index contributed by atoms with van der Waals surface area (Å²) in [5.74, 6) is 1.07. The number of carbonyl (C=O) groups excluding carboxylic acids is 1. The van der Waals surface area contributed by atoms with Crippen molar-refractivity contribution in [2.45, 2.75) is 18.5 Å². The van der Waals surface area contributed by atoms with Crippen LogP contribution >= 0.6 is 23.1 Å². The van der Waals surface area contributed by atoms with E-state index in [1.807, 2.05) is 73.7 Å². The van der Waals surface area contributed by atoms with Crippen LogP contribution in [0.2, 0.25) is 0 Å². The molecule has 0 fully saturated rings. The maximum atomic E-state index is 12.1. The van der Waals surface area contributed by atoms with Crippen LogP contribution in [-0.2, 0) is 11.3 Å². The quantitative estimate of drug-likeness (QED) is 0.372. The molecule has 0 aliphatic rings. The first kappa shape index (κ1) is 22.0. The van der Waals surface area contributed by atoms with Crippen molar-refractivity contribution in [3.8, 4) is 26.9 Å². The molecule has 0 radical (unpaired) electrons. The van der Waals surface area contributed by atoms with Gasteiger partial charge in [0, 0.05) is 12.1 Å². The lowest BCUT2D eigenvalue weighted by Crippen LogP contribution is -2.24. The van der Waals surface area contributed by atoms with E-state index in [4.69, 9.17) is 9.72 Å². The largest absolute Gasteiger partial charge is 0.497 e. The number of nitrogens with one attached hydrogen (secondary N) is 1. The van der Waals surface area contributed by atoms with Crippen LogP contribution in [-0.4, -0.2) is 34.0 Å². The topological polar surface area (TPSA) is 77.0 Å². The summed E-state index contributed by atoms with van der Waals surface area (Å²) in [5, 5.41) is 13.2. The predicted molar refractivity (Wildman–Crippen MR) is 129 cm³/mol. The van der Waals surface area contributed by atoms with Gasteiger partial charge in [-0.2, -0.15) is 0 Å². The second-order valence-electron chi connectivity index (χ2n) is 6.97. The van der Waals surface area contributed by atoms with E-state index in [1.165, 1.54) is 11.8 Å². The highest BCUT2D eigenvalue weighted by atomic mass is 32.2. The number of hydrogen-bond donors (Lipinski definition) is 1. The zero-order valence-corrected chi connectivity index (χ0v) is 19.4. The maximum absolute atomic E-state index is 12.1. The van der Waals surface area contributed by atoms with Crippen molar-refractivity contribution in [2.75, 3.05) is 12.9 Å². The lowest BCUT2D eigenvalue weighted by molar-refractivity contribution is -0.118. The molecule has 0 atom stereocenters. The molecule has 2 heterocycles. The minimum Gasteiger partial charge on any atom is -0.497 e. The summed E-state index contributed by atoms with van der Waals surface area (Å²) in [6.45, 7) is 2.49. The Bertz CT molecular complexity index is 1180. The molecule has 162 valence electrons. The number of hydrogen-bond acceptors (Lipinski definition) is 7. The van der Waals surface area contributed by atoms with Gasteiger partial charge in [0.05, 0.1) is 23.4 Å². The number of benzene rings is 2. The molecule has 1 amide bonds. The number of nitrogens with zero attached hydrogens (tertiary/aromatic N) is 3. The first-order valence-corrected chi connectivity index (χ1v) is 11.8. The number of ether oxygens (including phenoxy) is 1.